The minimum Gasteiger partial charge on any atom is -0.493 e. The first-order chi connectivity index (χ1) is 7.30. The zero-order valence-corrected chi connectivity index (χ0v) is 8.52. The van der Waals surface area contributed by atoms with Crippen molar-refractivity contribution >= 4 is 11.0 Å². The molecule has 0 amide bonds. The number of methoxy groups -OCH3 is 2. The average Bonchev–Trinajstić information content (AvgIpc) is 2.68. The van der Waals surface area contributed by atoms with E-state index in [0.717, 1.165) is 11.0 Å². The SMILES string of the molecule is C#Cn1cnc2cc(OC)c(OC)cc21. The van der Waals surface area contributed by atoms with Crippen molar-refractivity contribution in [2.24, 2.45) is 0 Å². The summed E-state index contributed by atoms with van der Waals surface area (Å²) in [5.41, 5.74) is 1.61. The van der Waals surface area contributed by atoms with Crippen LogP contribution in [0.4, 0.5) is 0 Å². The molecule has 1 aromatic heterocycles. The highest BCUT2D eigenvalue weighted by Gasteiger charge is 2.09. The molecule has 4 nitrogen and oxygen atoms in total. The van der Waals surface area contributed by atoms with Crippen LogP contribution < -0.4 is 9.47 Å². The molecule has 0 atom stereocenters. The number of ether oxygens (including phenoxy) is 2. The maximum absolute atomic E-state index is 5.32. The van der Waals surface area contributed by atoms with E-state index in [2.05, 4.69) is 11.0 Å². The molecule has 0 unspecified atom stereocenters. The van der Waals surface area contributed by atoms with Gasteiger partial charge in [0.05, 0.1) is 25.3 Å². The van der Waals surface area contributed by atoms with E-state index in [1.807, 2.05) is 0 Å². The molecule has 0 spiro atoms. The van der Waals surface area contributed by atoms with Crippen molar-refractivity contribution in [2.45, 2.75) is 0 Å². The molecule has 0 saturated carbocycles. The summed E-state index contributed by atoms with van der Waals surface area (Å²) in [6.07, 6.45) is 6.91. The molecule has 0 saturated heterocycles. The largest absolute Gasteiger partial charge is 0.493 e. The van der Waals surface area contributed by atoms with Gasteiger partial charge in [0.1, 0.15) is 6.33 Å². The van der Waals surface area contributed by atoms with Crippen molar-refractivity contribution in [3.8, 4) is 24.0 Å². The van der Waals surface area contributed by atoms with E-state index in [0.29, 0.717) is 11.5 Å². The van der Waals surface area contributed by atoms with Gasteiger partial charge in [0.25, 0.3) is 0 Å². The third-order valence-electron chi connectivity index (χ3n) is 2.19. The normalized spacial score (nSPS) is 9.93. The van der Waals surface area contributed by atoms with Crippen molar-refractivity contribution in [3.63, 3.8) is 0 Å². The second kappa shape index (κ2) is 3.54. The van der Waals surface area contributed by atoms with Crippen molar-refractivity contribution < 1.29 is 9.47 Å². The number of benzene rings is 1. The van der Waals surface area contributed by atoms with Gasteiger partial charge in [0.15, 0.2) is 11.5 Å². The van der Waals surface area contributed by atoms with E-state index in [-0.39, 0.29) is 0 Å². The summed E-state index contributed by atoms with van der Waals surface area (Å²) in [6, 6.07) is 6.10. The highest BCUT2D eigenvalue weighted by molar-refractivity contribution is 5.80. The van der Waals surface area contributed by atoms with Gasteiger partial charge in [-0.05, 0) is 0 Å². The molecule has 1 heterocycles. The van der Waals surface area contributed by atoms with Crippen LogP contribution in [0.1, 0.15) is 0 Å². The van der Waals surface area contributed by atoms with Crippen molar-refractivity contribution in [1.29, 1.82) is 0 Å². The second-order valence-electron chi connectivity index (χ2n) is 2.94. The Morgan fingerprint density at radius 2 is 1.93 bits per heavy atom. The predicted molar refractivity (Wildman–Crippen MR) is 57.1 cm³/mol. The molecule has 0 aliphatic carbocycles. The summed E-state index contributed by atoms with van der Waals surface area (Å²) in [5, 5.41) is 0. The molecule has 0 radical (unpaired) electrons. The molecular formula is C11H10N2O2. The van der Waals surface area contributed by atoms with Crippen LogP contribution in [0.25, 0.3) is 11.0 Å². The Balaban J connectivity index is 2.73. The fourth-order valence-corrected chi connectivity index (χ4v) is 1.44. The Morgan fingerprint density at radius 1 is 1.27 bits per heavy atom. The molecule has 0 aliphatic rings. The lowest BCUT2D eigenvalue weighted by molar-refractivity contribution is 0.355. The van der Waals surface area contributed by atoms with Crippen molar-refractivity contribution in [2.75, 3.05) is 14.2 Å². The monoisotopic (exact) mass is 202 g/mol. The lowest BCUT2D eigenvalue weighted by atomic mass is 10.2. The molecule has 0 fully saturated rings. The van der Waals surface area contributed by atoms with Crippen LogP contribution >= 0.6 is 0 Å². The van der Waals surface area contributed by atoms with Crippen LogP contribution in [-0.4, -0.2) is 23.8 Å². The predicted octanol–water partition coefficient (Wildman–Crippen LogP) is 1.49. The van der Waals surface area contributed by atoms with Gasteiger partial charge in [0, 0.05) is 18.2 Å². The summed E-state index contributed by atoms with van der Waals surface area (Å²) in [6.45, 7) is 0. The molecule has 2 aromatic rings. The molecule has 1 aromatic carbocycles. The summed E-state index contributed by atoms with van der Waals surface area (Å²) in [4.78, 5) is 4.16. The first kappa shape index (κ1) is 9.41. The summed E-state index contributed by atoms with van der Waals surface area (Å²) < 4.78 is 11.9. The number of imidazole rings is 1. The van der Waals surface area contributed by atoms with Gasteiger partial charge >= 0.3 is 0 Å². The van der Waals surface area contributed by atoms with E-state index in [1.165, 1.54) is 0 Å². The number of hydrogen-bond acceptors (Lipinski definition) is 3. The zero-order valence-electron chi connectivity index (χ0n) is 8.52. The standard InChI is InChI=1S/C11H10N2O2/c1-4-13-7-12-8-5-10(14-2)11(15-3)6-9(8)13/h1,5-7H,2-3H3. The number of hydrogen-bond donors (Lipinski definition) is 0. The molecule has 0 aliphatic heterocycles. The topological polar surface area (TPSA) is 36.3 Å². The lowest BCUT2D eigenvalue weighted by Gasteiger charge is -2.06. The Bertz CT molecular complexity index is 537. The van der Waals surface area contributed by atoms with E-state index in [4.69, 9.17) is 15.9 Å². The minimum atomic E-state index is 0.641. The second-order valence-corrected chi connectivity index (χ2v) is 2.94. The highest BCUT2D eigenvalue weighted by atomic mass is 16.5. The van der Waals surface area contributed by atoms with Gasteiger partial charge in [0.2, 0.25) is 0 Å². The van der Waals surface area contributed by atoms with Crippen molar-refractivity contribution in [3.05, 3.63) is 18.5 Å². The van der Waals surface area contributed by atoms with Crippen LogP contribution in [0.2, 0.25) is 0 Å². The van der Waals surface area contributed by atoms with Gasteiger partial charge in [-0.1, -0.05) is 6.42 Å². The number of aromatic nitrogens is 2. The van der Waals surface area contributed by atoms with Crippen LogP contribution in [-0.2, 0) is 0 Å². The number of nitrogens with zero attached hydrogens (tertiary/aromatic N) is 2. The van der Waals surface area contributed by atoms with Crippen LogP contribution in [0.5, 0.6) is 11.5 Å². The van der Waals surface area contributed by atoms with E-state index in [9.17, 15) is 0 Å². The smallest absolute Gasteiger partial charge is 0.163 e. The fraction of sp³-hybridized carbons (Fsp3) is 0.182. The first-order valence-corrected chi connectivity index (χ1v) is 4.36. The lowest BCUT2D eigenvalue weighted by Crippen LogP contribution is -1.91. The average molecular weight is 202 g/mol. The van der Waals surface area contributed by atoms with Crippen molar-refractivity contribution in [1.82, 2.24) is 9.55 Å². The Labute approximate surface area is 87.4 Å². The maximum Gasteiger partial charge on any atom is 0.163 e. The quantitative estimate of drug-likeness (QED) is 0.692. The fourth-order valence-electron chi connectivity index (χ4n) is 1.44. The van der Waals surface area contributed by atoms with Gasteiger partial charge in [-0.25, -0.2) is 4.98 Å². The molecule has 0 N–H and O–H groups in total. The third-order valence-corrected chi connectivity index (χ3v) is 2.19. The van der Waals surface area contributed by atoms with E-state index < -0.39 is 0 Å². The summed E-state index contributed by atoms with van der Waals surface area (Å²) >= 11 is 0. The maximum atomic E-state index is 5.32. The van der Waals surface area contributed by atoms with Gasteiger partial charge in [-0.2, -0.15) is 0 Å². The van der Waals surface area contributed by atoms with Gasteiger partial charge in [-0.15, -0.1) is 0 Å². The highest BCUT2D eigenvalue weighted by Crippen LogP contribution is 2.31. The number of rotatable bonds is 2. The Hall–Kier alpha value is -2.15. The molecule has 4 heteroatoms. The van der Waals surface area contributed by atoms with Crippen LogP contribution in [0, 0.1) is 12.5 Å². The zero-order chi connectivity index (χ0) is 10.8. The van der Waals surface area contributed by atoms with E-state index in [1.54, 1.807) is 37.2 Å². The third kappa shape index (κ3) is 1.38. The van der Waals surface area contributed by atoms with Crippen LogP contribution in [0.15, 0.2) is 18.5 Å². The number of fused-ring (bicyclic) bond motifs is 1. The number of terminal acetylenes is 1. The molecule has 15 heavy (non-hydrogen) atoms. The Kier molecular flexibility index (Phi) is 2.22. The molecule has 0 bridgehead atoms. The molecule has 2 rings (SSSR count). The molecular weight excluding hydrogens is 192 g/mol. The minimum absolute atomic E-state index is 0.641. The van der Waals surface area contributed by atoms with Gasteiger partial charge < -0.3 is 9.47 Å². The first-order valence-electron chi connectivity index (χ1n) is 4.36. The summed E-state index contributed by atoms with van der Waals surface area (Å²) in [7, 11) is 3.17. The van der Waals surface area contributed by atoms with Gasteiger partial charge in [-0.3, -0.25) is 4.57 Å². The summed E-state index contributed by atoms with van der Waals surface area (Å²) in [5.74, 6) is 1.29. The van der Waals surface area contributed by atoms with Crippen LogP contribution in [0.3, 0.4) is 0 Å². The Morgan fingerprint density at radius 3 is 2.53 bits per heavy atom. The van der Waals surface area contributed by atoms with E-state index >= 15 is 0 Å². The molecule has 76 valence electrons.